The molecule has 0 aliphatic heterocycles. The monoisotopic (exact) mass is 363 g/mol. The van der Waals surface area contributed by atoms with Crippen LogP contribution < -0.4 is 0 Å². The third-order valence-corrected chi connectivity index (χ3v) is 3.98. The zero-order valence-corrected chi connectivity index (χ0v) is 17.5. The molecule has 3 rings (SSSR count). The summed E-state index contributed by atoms with van der Waals surface area (Å²) in [4.78, 5) is 12.2. The zero-order chi connectivity index (χ0) is 20.1. The van der Waals surface area contributed by atoms with Gasteiger partial charge in [0.1, 0.15) is 0 Å². The molecule has 27 heavy (non-hydrogen) atoms. The van der Waals surface area contributed by atoms with Crippen molar-refractivity contribution in [3.05, 3.63) is 90.3 Å². The lowest BCUT2D eigenvalue weighted by atomic mass is 10.1. The van der Waals surface area contributed by atoms with Crippen LogP contribution >= 0.6 is 0 Å². The standard InChI is InChI=1S/3C8H11N/c2*1-7(2)8-4-3-5-9-6-8;1-7(2)8-5-3-4-6-9-8/h3*3-7H,1-2H3. The number of pyridine rings is 3. The highest BCUT2D eigenvalue weighted by atomic mass is 14.7. The first-order chi connectivity index (χ1) is 12.9. The van der Waals surface area contributed by atoms with Gasteiger partial charge in [0.2, 0.25) is 0 Å². The van der Waals surface area contributed by atoms with Crippen molar-refractivity contribution in [1.29, 1.82) is 0 Å². The van der Waals surface area contributed by atoms with Crippen LogP contribution in [0.5, 0.6) is 0 Å². The lowest BCUT2D eigenvalue weighted by molar-refractivity contribution is 0.823. The Morgan fingerprint density at radius 2 is 1.07 bits per heavy atom. The molecule has 0 N–H and O–H groups in total. The highest BCUT2D eigenvalue weighted by molar-refractivity contribution is 5.12. The van der Waals surface area contributed by atoms with Crippen LogP contribution in [0.25, 0.3) is 0 Å². The van der Waals surface area contributed by atoms with Gasteiger partial charge in [-0.1, -0.05) is 59.7 Å². The zero-order valence-electron chi connectivity index (χ0n) is 17.5. The van der Waals surface area contributed by atoms with Gasteiger partial charge in [0.15, 0.2) is 0 Å². The Labute approximate surface area is 165 Å². The normalized spacial score (nSPS) is 10.1. The molecule has 0 radical (unpaired) electrons. The van der Waals surface area contributed by atoms with E-state index in [0.29, 0.717) is 17.8 Å². The van der Waals surface area contributed by atoms with Crippen molar-refractivity contribution in [3.8, 4) is 0 Å². The number of nitrogens with zero attached hydrogens (tertiary/aromatic N) is 3. The summed E-state index contributed by atoms with van der Waals surface area (Å²) in [5, 5.41) is 0. The number of aromatic nitrogens is 3. The van der Waals surface area contributed by atoms with Crippen LogP contribution in [-0.4, -0.2) is 15.0 Å². The van der Waals surface area contributed by atoms with E-state index in [1.54, 1.807) is 12.4 Å². The van der Waals surface area contributed by atoms with E-state index in [9.17, 15) is 0 Å². The van der Waals surface area contributed by atoms with E-state index in [1.807, 2.05) is 48.9 Å². The predicted octanol–water partition coefficient (Wildman–Crippen LogP) is 6.62. The average Bonchev–Trinajstić information content (AvgIpc) is 2.71. The van der Waals surface area contributed by atoms with Crippen molar-refractivity contribution in [3.63, 3.8) is 0 Å². The van der Waals surface area contributed by atoms with E-state index in [-0.39, 0.29) is 0 Å². The molecule has 3 heteroatoms. The number of rotatable bonds is 3. The largest absolute Gasteiger partial charge is 0.264 e. The van der Waals surface area contributed by atoms with Crippen molar-refractivity contribution < 1.29 is 0 Å². The Bertz CT molecular complexity index is 605. The second-order valence-corrected chi connectivity index (χ2v) is 7.29. The summed E-state index contributed by atoms with van der Waals surface area (Å²) in [6.07, 6.45) is 9.24. The van der Waals surface area contributed by atoms with Gasteiger partial charge in [-0.2, -0.15) is 0 Å². The smallest absolute Gasteiger partial charge is 0.0428 e. The summed E-state index contributed by atoms with van der Waals surface area (Å²) in [5.41, 5.74) is 3.77. The van der Waals surface area contributed by atoms with Crippen LogP contribution in [0.4, 0.5) is 0 Å². The molecule has 3 nitrogen and oxygen atoms in total. The van der Waals surface area contributed by atoms with Gasteiger partial charge in [0, 0.05) is 36.7 Å². The summed E-state index contributed by atoms with van der Waals surface area (Å²) < 4.78 is 0. The third-order valence-electron chi connectivity index (χ3n) is 3.98. The maximum atomic E-state index is 4.18. The Kier molecular flexibility index (Phi) is 10.6. The van der Waals surface area contributed by atoms with Gasteiger partial charge >= 0.3 is 0 Å². The van der Waals surface area contributed by atoms with Crippen molar-refractivity contribution >= 4 is 0 Å². The Morgan fingerprint density at radius 1 is 0.556 bits per heavy atom. The molecule has 0 aromatic carbocycles. The van der Waals surface area contributed by atoms with Crippen molar-refractivity contribution in [1.82, 2.24) is 15.0 Å². The minimum absolute atomic E-state index is 0.547. The first kappa shape index (κ1) is 22.5. The molecule has 0 bridgehead atoms. The highest BCUT2D eigenvalue weighted by Crippen LogP contribution is 2.11. The predicted molar refractivity (Wildman–Crippen MR) is 115 cm³/mol. The molecule has 0 aliphatic rings. The van der Waals surface area contributed by atoms with Crippen LogP contribution in [0, 0.1) is 0 Å². The molecule has 0 spiro atoms. The van der Waals surface area contributed by atoms with Gasteiger partial charge in [-0.05, 0) is 53.1 Å². The second kappa shape index (κ2) is 12.7. The maximum absolute atomic E-state index is 4.18. The average molecular weight is 364 g/mol. The SMILES string of the molecule is CC(C)c1ccccn1.CC(C)c1cccnc1.CC(C)c1cccnc1. The van der Waals surface area contributed by atoms with Crippen molar-refractivity contribution in [2.24, 2.45) is 0 Å². The Hall–Kier alpha value is -2.55. The molecule has 3 aromatic rings. The highest BCUT2D eigenvalue weighted by Gasteiger charge is 1.96. The maximum Gasteiger partial charge on any atom is 0.0428 e. The van der Waals surface area contributed by atoms with Gasteiger partial charge < -0.3 is 0 Å². The van der Waals surface area contributed by atoms with Crippen LogP contribution in [0.3, 0.4) is 0 Å². The first-order valence-electron chi connectivity index (χ1n) is 9.62. The Morgan fingerprint density at radius 3 is 1.30 bits per heavy atom. The van der Waals surface area contributed by atoms with Gasteiger partial charge in [0.05, 0.1) is 0 Å². The van der Waals surface area contributed by atoms with E-state index in [4.69, 9.17) is 0 Å². The van der Waals surface area contributed by atoms with Crippen LogP contribution in [0.15, 0.2) is 73.4 Å². The van der Waals surface area contributed by atoms with Crippen LogP contribution in [0.2, 0.25) is 0 Å². The molecule has 0 amide bonds. The van der Waals surface area contributed by atoms with Gasteiger partial charge in [-0.25, -0.2) is 0 Å². The molecule has 0 fully saturated rings. The molecular weight excluding hydrogens is 330 g/mol. The lowest BCUT2D eigenvalue weighted by Gasteiger charge is -2.00. The molecule has 3 aromatic heterocycles. The Balaban J connectivity index is 0.000000202. The number of hydrogen-bond acceptors (Lipinski definition) is 3. The van der Waals surface area contributed by atoms with E-state index in [0.717, 1.165) is 5.69 Å². The molecule has 0 atom stereocenters. The summed E-state index contributed by atoms with van der Waals surface area (Å²) in [7, 11) is 0. The third kappa shape index (κ3) is 9.64. The fraction of sp³-hybridized carbons (Fsp3) is 0.375. The minimum atomic E-state index is 0.547. The second-order valence-electron chi connectivity index (χ2n) is 7.29. The van der Waals surface area contributed by atoms with Crippen molar-refractivity contribution in [2.45, 2.75) is 59.3 Å². The summed E-state index contributed by atoms with van der Waals surface area (Å²) in [6, 6.07) is 14.1. The summed E-state index contributed by atoms with van der Waals surface area (Å²) in [6.45, 7) is 12.9. The van der Waals surface area contributed by atoms with Crippen LogP contribution in [-0.2, 0) is 0 Å². The van der Waals surface area contributed by atoms with E-state index < -0.39 is 0 Å². The van der Waals surface area contributed by atoms with Gasteiger partial charge in [-0.15, -0.1) is 0 Å². The molecule has 0 saturated heterocycles. The van der Waals surface area contributed by atoms with Gasteiger partial charge in [0.25, 0.3) is 0 Å². The van der Waals surface area contributed by atoms with Crippen molar-refractivity contribution in [2.75, 3.05) is 0 Å². The first-order valence-corrected chi connectivity index (χ1v) is 9.62. The molecule has 0 unspecified atom stereocenters. The molecule has 0 saturated carbocycles. The quantitative estimate of drug-likeness (QED) is 0.525. The molecule has 144 valence electrons. The topological polar surface area (TPSA) is 38.7 Å². The molecule has 3 heterocycles. The summed E-state index contributed by atoms with van der Waals surface area (Å²) in [5.74, 6) is 1.74. The lowest BCUT2D eigenvalue weighted by Crippen LogP contribution is -1.88. The molecular formula is C24H33N3. The van der Waals surface area contributed by atoms with E-state index in [1.165, 1.54) is 11.1 Å². The van der Waals surface area contributed by atoms with E-state index in [2.05, 4.69) is 68.6 Å². The van der Waals surface area contributed by atoms with E-state index >= 15 is 0 Å². The fourth-order valence-corrected chi connectivity index (χ4v) is 2.15. The van der Waals surface area contributed by atoms with Gasteiger partial charge in [-0.3, -0.25) is 15.0 Å². The molecule has 0 aliphatic carbocycles. The number of hydrogen-bond donors (Lipinski definition) is 0. The van der Waals surface area contributed by atoms with Crippen LogP contribution in [0.1, 0.15) is 76.1 Å². The fourth-order valence-electron chi connectivity index (χ4n) is 2.15. The minimum Gasteiger partial charge on any atom is -0.264 e. The summed E-state index contributed by atoms with van der Waals surface area (Å²) >= 11 is 0.